The van der Waals surface area contributed by atoms with E-state index in [2.05, 4.69) is 43.1 Å². The first-order valence-electron chi connectivity index (χ1n) is 19.7. The van der Waals surface area contributed by atoms with Gasteiger partial charge in [0, 0.05) is 62.5 Å². The number of ether oxygens (including phenoxy) is 5. The van der Waals surface area contributed by atoms with Crippen LogP contribution in [0.4, 0.5) is 5.69 Å². The number of methoxy groups -OCH3 is 3. The summed E-state index contributed by atoms with van der Waals surface area (Å²) in [6.45, 7) is 4.01. The Morgan fingerprint density at radius 1 is 1.10 bits per heavy atom. The average molecular weight is 834 g/mol. The lowest BCUT2D eigenvalue weighted by Gasteiger charge is -2.46. The van der Waals surface area contributed by atoms with Crippen LogP contribution in [0.25, 0.3) is 0 Å². The lowest BCUT2D eigenvalue weighted by atomic mass is 9.68. The number of amides is 2. The molecule has 1 unspecified atom stereocenters. The van der Waals surface area contributed by atoms with E-state index in [1.807, 2.05) is 25.1 Å². The van der Waals surface area contributed by atoms with Crippen LogP contribution in [0, 0.1) is 29.6 Å². The van der Waals surface area contributed by atoms with E-state index in [-0.39, 0.29) is 59.3 Å². The molecule has 2 bridgehead atoms. The number of aryl methyl sites for hydroxylation is 2. The van der Waals surface area contributed by atoms with Gasteiger partial charge in [0.05, 0.1) is 37.4 Å². The molecular weight excluding hydrogens is 782 g/mol. The molecule has 3 heterocycles. The van der Waals surface area contributed by atoms with Gasteiger partial charge in [-0.1, -0.05) is 48.6 Å². The number of hydrogen-bond donors (Lipinski definition) is 1. The first-order chi connectivity index (χ1) is 27.9. The summed E-state index contributed by atoms with van der Waals surface area (Å²) in [5.74, 6) is 4.86. The molecule has 13 nitrogen and oxygen atoms in total. The first kappa shape index (κ1) is 41.8. The van der Waals surface area contributed by atoms with E-state index in [0.717, 1.165) is 42.8 Å². The molecule has 7 rings (SSSR count). The van der Waals surface area contributed by atoms with E-state index < -0.39 is 33.8 Å². The van der Waals surface area contributed by atoms with Crippen LogP contribution in [0.5, 0.6) is 11.6 Å². The molecule has 4 aliphatic rings. The van der Waals surface area contributed by atoms with Crippen LogP contribution in [0.3, 0.4) is 0 Å². The largest absolute Gasteiger partial charge is 0.490 e. The van der Waals surface area contributed by atoms with E-state index in [1.54, 1.807) is 39.5 Å². The fourth-order valence-corrected chi connectivity index (χ4v) is 10.9. The molecular formula is C43H52ClN5O8S. The monoisotopic (exact) mass is 833 g/mol. The summed E-state index contributed by atoms with van der Waals surface area (Å²) in [6.07, 6.45) is 9.44. The van der Waals surface area contributed by atoms with Crippen molar-refractivity contribution in [3.63, 3.8) is 0 Å². The second-order valence-electron chi connectivity index (χ2n) is 15.8. The molecule has 1 N–H and O–H groups in total. The third-order valence-corrected chi connectivity index (χ3v) is 14.0. The molecule has 1 fully saturated rings. The molecule has 58 heavy (non-hydrogen) atoms. The number of rotatable bonds is 7. The van der Waals surface area contributed by atoms with Crippen LogP contribution in [0.15, 0.2) is 59.1 Å². The minimum atomic E-state index is -3.80. The number of nitrogens with zero attached hydrogens (tertiary/aromatic N) is 4. The minimum Gasteiger partial charge on any atom is -0.490 e. The molecule has 2 aromatic carbocycles. The number of fused-ring (bicyclic) bond motifs is 4. The van der Waals surface area contributed by atoms with Crippen LogP contribution in [-0.4, -0.2) is 98.0 Å². The van der Waals surface area contributed by atoms with Gasteiger partial charge in [-0.15, -0.1) is 9.46 Å². The first-order valence-corrected chi connectivity index (χ1v) is 21.8. The Kier molecular flexibility index (Phi) is 12.8. The zero-order valence-electron chi connectivity index (χ0n) is 33.7. The Morgan fingerprint density at radius 2 is 1.91 bits per heavy atom. The Morgan fingerprint density at radius 3 is 2.67 bits per heavy atom. The number of halogens is 1. The SMILES string of the molecule is COCC#CCO[C@H]1/C=C/[C@H](OC)[C@@H]2CC[C@H]2CN2C[C@@]3(CCCc4cc(Cl)ccc43)COc3ccc(cc32)C(=O)N=S(=O)(NC(=O)c2cn(C)nc2OC)C[C@H]1C. The summed E-state index contributed by atoms with van der Waals surface area (Å²) in [4.78, 5) is 30.4. The number of carbonyl (C=O) groups is 2. The van der Waals surface area contributed by atoms with Gasteiger partial charge in [0.1, 0.15) is 34.4 Å². The zero-order valence-corrected chi connectivity index (χ0v) is 35.3. The summed E-state index contributed by atoms with van der Waals surface area (Å²) in [5.41, 5.74) is 3.21. The van der Waals surface area contributed by atoms with E-state index in [9.17, 15) is 9.59 Å². The molecule has 1 saturated carbocycles. The van der Waals surface area contributed by atoms with Crippen molar-refractivity contribution in [2.75, 3.05) is 64.9 Å². The van der Waals surface area contributed by atoms with Crippen LogP contribution >= 0.6 is 11.6 Å². The molecule has 0 saturated heterocycles. The van der Waals surface area contributed by atoms with Crippen molar-refractivity contribution in [3.8, 4) is 23.5 Å². The fraction of sp³-hybridized carbons (Fsp3) is 0.512. The van der Waals surface area contributed by atoms with Crippen molar-refractivity contribution in [1.29, 1.82) is 0 Å². The molecule has 1 aromatic heterocycles. The molecule has 2 aliphatic carbocycles. The molecule has 7 atom stereocenters. The van der Waals surface area contributed by atoms with Crippen molar-refractivity contribution in [3.05, 3.63) is 82.0 Å². The van der Waals surface area contributed by atoms with Gasteiger partial charge in [0.2, 0.25) is 5.88 Å². The maximum absolute atomic E-state index is 15.0. The van der Waals surface area contributed by atoms with Gasteiger partial charge in [0.25, 0.3) is 11.8 Å². The van der Waals surface area contributed by atoms with E-state index in [4.69, 9.17) is 35.3 Å². The smallest absolute Gasteiger partial charge is 0.286 e. The van der Waals surface area contributed by atoms with Crippen molar-refractivity contribution in [2.24, 2.45) is 29.2 Å². The van der Waals surface area contributed by atoms with Gasteiger partial charge >= 0.3 is 0 Å². The lowest BCUT2D eigenvalue weighted by molar-refractivity contribution is 0.0116. The van der Waals surface area contributed by atoms with Gasteiger partial charge in [-0.25, -0.2) is 4.21 Å². The Bertz CT molecular complexity index is 2240. The van der Waals surface area contributed by atoms with Crippen molar-refractivity contribution >= 4 is 39.0 Å². The molecule has 2 aliphatic heterocycles. The number of nitrogens with one attached hydrogen (secondary N) is 1. The van der Waals surface area contributed by atoms with Gasteiger partial charge in [-0.05, 0) is 85.4 Å². The van der Waals surface area contributed by atoms with Crippen LogP contribution in [-0.2, 0) is 43.0 Å². The third kappa shape index (κ3) is 8.94. The Hall–Kier alpha value is -4.39. The molecule has 15 heteroatoms. The van der Waals surface area contributed by atoms with Gasteiger partial charge in [-0.3, -0.25) is 19.0 Å². The second-order valence-corrected chi connectivity index (χ2v) is 18.2. The van der Waals surface area contributed by atoms with Gasteiger partial charge in [0.15, 0.2) is 0 Å². The summed E-state index contributed by atoms with van der Waals surface area (Å²) >= 11 is 6.49. The molecule has 3 aromatic rings. The van der Waals surface area contributed by atoms with Crippen molar-refractivity contribution in [1.82, 2.24) is 14.5 Å². The zero-order chi connectivity index (χ0) is 41.0. The number of hydrogen-bond acceptors (Lipinski definition) is 10. The molecule has 0 radical (unpaired) electrons. The lowest BCUT2D eigenvalue weighted by Crippen LogP contribution is -2.49. The number of benzene rings is 2. The fourth-order valence-electron chi connectivity index (χ4n) is 8.83. The Balaban J connectivity index is 1.32. The highest BCUT2D eigenvalue weighted by atomic mass is 35.5. The molecule has 1 spiro atoms. The number of anilines is 1. The van der Waals surface area contributed by atoms with Gasteiger partial charge in [-0.2, -0.15) is 0 Å². The summed E-state index contributed by atoms with van der Waals surface area (Å²) in [6, 6.07) is 11.4. The molecule has 2 amide bonds. The Labute approximate surface area is 346 Å². The van der Waals surface area contributed by atoms with E-state index in [1.165, 1.54) is 29.1 Å². The van der Waals surface area contributed by atoms with Crippen molar-refractivity contribution in [2.45, 2.75) is 56.7 Å². The number of carbonyl (C=O) groups excluding carboxylic acids is 2. The predicted octanol–water partition coefficient (Wildman–Crippen LogP) is 5.79. The maximum Gasteiger partial charge on any atom is 0.286 e. The van der Waals surface area contributed by atoms with Crippen LogP contribution in [0.2, 0.25) is 5.02 Å². The maximum atomic E-state index is 15.0. The van der Waals surface area contributed by atoms with Crippen LogP contribution < -0.4 is 19.1 Å². The predicted molar refractivity (Wildman–Crippen MR) is 222 cm³/mol. The standard InChI is InChI=1S/C43H52ClN5O8S/c1-28-25-58(52,47-41(51)34-24-48(2)45-42(34)55-5)46-40(50)30-11-15-39-36(22-30)49(26-43(27-57-39)18-8-9-29-21-32(44)12-14-35(29)43)23-31-10-13-33(31)38(54-4)17-16-37(28)56-20-7-6-19-53-3/h11-12,14-17,21-22,24,28,31,33,37-38H,8-10,13,18-20,23,25-27H2,1-5H3,(H,46,47,50,51,52)/b17-16+/t28-,31+,33-,37+,38+,43+,58?/m1/s1. The second kappa shape index (κ2) is 17.8. The summed E-state index contributed by atoms with van der Waals surface area (Å²) in [7, 11) is 2.51. The molecule has 310 valence electrons. The highest BCUT2D eigenvalue weighted by molar-refractivity contribution is 7.92. The highest BCUT2D eigenvalue weighted by Crippen LogP contribution is 2.47. The van der Waals surface area contributed by atoms with Crippen LogP contribution in [0.1, 0.15) is 64.4 Å². The topological polar surface area (TPSA) is 143 Å². The number of aromatic nitrogens is 2. The highest BCUT2D eigenvalue weighted by Gasteiger charge is 2.44. The summed E-state index contributed by atoms with van der Waals surface area (Å²) in [5, 5.41) is 4.89. The normalized spacial score (nSPS) is 28.6. The van der Waals surface area contributed by atoms with E-state index >= 15 is 4.21 Å². The van der Waals surface area contributed by atoms with Crippen molar-refractivity contribution < 1.29 is 37.5 Å². The van der Waals surface area contributed by atoms with Gasteiger partial charge < -0.3 is 28.6 Å². The quantitative estimate of drug-likeness (QED) is 0.230. The average Bonchev–Trinajstić information content (AvgIpc) is 3.51. The van der Waals surface area contributed by atoms with E-state index in [0.29, 0.717) is 25.4 Å². The summed E-state index contributed by atoms with van der Waals surface area (Å²) < 4.78 is 52.9. The minimum absolute atomic E-state index is 0.0431. The third-order valence-electron chi connectivity index (χ3n) is 11.9.